The molecule has 1 saturated carbocycles. The average Bonchev–Trinajstić information content (AvgIpc) is 3.62. The molecule has 0 spiro atoms. The molecule has 0 atom stereocenters. The molecule has 3 N–H and O–H groups in total. The highest BCUT2D eigenvalue weighted by atomic mass is 16.1. The van der Waals surface area contributed by atoms with Gasteiger partial charge in [0, 0.05) is 47.7 Å². The minimum Gasteiger partial charge on any atom is -0.398 e. The summed E-state index contributed by atoms with van der Waals surface area (Å²) in [6.45, 7) is 8.92. The van der Waals surface area contributed by atoms with E-state index >= 15 is 0 Å². The van der Waals surface area contributed by atoms with Gasteiger partial charge in [0.1, 0.15) is 5.69 Å². The van der Waals surface area contributed by atoms with E-state index in [1.807, 2.05) is 24.3 Å². The highest BCUT2D eigenvalue weighted by molar-refractivity contribution is 6.07. The van der Waals surface area contributed by atoms with Crippen molar-refractivity contribution < 1.29 is 4.79 Å². The molecule has 2 heterocycles. The molecular weight excluding hydrogens is 450 g/mol. The number of hydrogen-bond acceptors (Lipinski definition) is 6. The van der Waals surface area contributed by atoms with E-state index in [1.165, 1.54) is 24.5 Å². The van der Waals surface area contributed by atoms with Crippen molar-refractivity contribution in [2.45, 2.75) is 71.5 Å². The average molecular weight is 486 g/mol. The van der Waals surface area contributed by atoms with E-state index < -0.39 is 0 Å². The van der Waals surface area contributed by atoms with Gasteiger partial charge in [-0.25, -0.2) is 4.98 Å². The Morgan fingerprint density at radius 3 is 2.50 bits per heavy atom. The quantitative estimate of drug-likeness (QED) is 0.316. The molecule has 36 heavy (non-hydrogen) atoms. The molecule has 3 aromatic rings. The van der Waals surface area contributed by atoms with Crippen LogP contribution in [0.25, 0.3) is 17.0 Å². The Kier molecular flexibility index (Phi) is 7.50. The van der Waals surface area contributed by atoms with Crippen LogP contribution < -0.4 is 16.6 Å². The van der Waals surface area contributed by atoms with Gasteiger partial charge in [-0.3, -0.25) is 14.6 Å². The fourth-order valence-electron chi connectivity index (χ4n) is 4.23. The lowest BCUT2D eigenvalue weighted by Gasteiger charge is -2.17. The molecule has 2 aromatic heterocycles. The van der Waals surface area contributed by atoms with Crippen molar-refractivity contribution in [3.8, 4) is 11.3 Å². The largest absolute Gasteiger partial charge is 0.398 e. The predicted octanol–water partition coefficient (Wildman–Crippen LogP) is 4.80. The number of carbonyl (C=O) groups is 1. The third kappa shape index (κ3) is 5.79. The first kappa shape index (κ1) is 25.5. The third-order valence-electron chi connectivity index (χ3n) is 7.05. The second kappa shape index (κ2) is 10.6. The van der Waals surface area contributed by atoms with Crippen LogP contribution in [0.4, 0.5) is 0 Å². The van der Waals surface area contributed by atoms with Gasteiger partial charge in [0.05, 0.1) is 17.6 Å². The van der Waals surface area contributed by atoms with E-state index in [0.29, 0.717) is 17.1 Å². The second-order valence-corrected chi connectivity index (χ2v) is 9.90. The molecule has 1 aliphatic rings. The number of benzene rings is 1. The first-order chi connectivity index (χ1) is 17.2. The Hall–Kier alpha value is -3.58. The van der Waals surface area contributed by atoms with E-state index in [-0.39, 0.29) is 28.6 Å². The maximum absolute atomic E-state index is 13.1. The molecule has 7 nitrogen and oxygen atoms in total. The molecule has 1 fully saturated rings. The van der Waals surface area contributed by atoms with Crippen molar-refractivity contribution in [3.05, 3.63) is 87.7 Å². The fraction of sp³-hybridized carbons (Fsp3) is 0.379. The zero-order valence-corrected chi connectivity index (χ0v) is 21.5. The van der Waals surface area contributed by atoms with Crippen molar-refractivity contribution >= 4 is 11.5 Å². The number of carbonyl (C=O) groups excluding carboxylic acids is 1. The first-order valence-electron chi connectivity index (χ1n) is 12.6. The minimum absolute atomic E-state index is 0.0527. The number of hydrogen-bond donors (Lipinski definition) is 2. The topological polar surface area (TPSA) is 103 Å². The number of nitrogens with one attached hydrogen (secondary N) is 1. The predicted molar refractivity (Wildman–Crippen MR) is 143 cm³/mol. The van der Waals surface area contributed by atoms with Gasteiger partial charge in [0.2, 0.25) is 5.78 Å². The van der Waals surface area contributed by atoms with E-state index in [1.54, 1.807) is 36.0 Å². The summed E-state index contributed by atoms with van der Waals surface area (Å²) in [5.41, 5.74) is 10.9. The summed E-state index contributed by atoms with van der Waals surface area (Å²) in [5, 5.41) is 3.56. The van der Waals surface area contributed by atoms with Crippen molar-refractivity contribution in [1.29, 1.82) is 0 Å². The van der Waals surface area contributed by atoms with Crippen LogP contribution >= 0.6 is 0 Å². The monoisotopic (exact) mass is 485 g/mol. The molecule has 4 rings (SSSR count). The van der Waals surface area contributed by atoms with Gasteiger partial charge in [0.25, 0.3) is 5.56 Å². The molecule has 0 aliphatic heterocycles. The lowest BCUT2D eigenvalue weighted by Crippen LogP contribution is -2.26. The SMILES string of the molecule is CCC(CC)n1cc(-c2cnc(C)c(C(=O)C=C(N)c3ccc(CNC4(C)CC4)cc3)n2)ccc1=O. The molecule has 0 bridgehead atoms. The van der Waals surface area contributed by atoms with Crippen molar-refractivity contribution in [3.63, 3.8) is 0 Å². The van der Waals surface area contributed by atoms with Gasteiger partial charge in [-0.15, -0.1) is 0 Å². The van der Waals surface area contributed by atoms with Crippen molar-refractivity contribution in [2.24, 2.45) is 5.73 Å². The first-order valence-corrected chi connectivity index (χ1v) is 12.6. The van der Waals surface area contributed by atoms with E-state index in [0.717, 1.165) is 30.5 Å². The van der Waals surface area contributed by atoms with Gasteiger partial charge in [-0.05, 0) is 56.7 Å². The Bertz CT molecular complexity index is 1330. The number of nitrogens with zero attached hydrogens (tertiary/aromatic N) is 3. The van der Waals surface area contributed by atoms with Crippen LogP contribution in [0.5, 0.6) is 0 Å². The van der Waals surface area contributed by atoms with Crippen LogP contribution in [0.1, 0.15) is 79.8 Å². The zero-order chi connectivity index (χ0) is 25.9. The molecular formula is C29H35N5O2. The Labute approximate surface area is 212 Å². The number of ketones is 1. The van der Waals surface area contributed by atoms with Crippen molar-refractivity contribution in [2.75, 3.05) is 0 Å². The summed E-state index contributed by atoms with van der Waals surface area (Å²) in [7, 11) is 0. The molecule has 0 radical (unpaired) electrons. The Morgan fingerprint density at radius 2 is 1.86 bits per heavy atom. The molecule has 0 saturated heterocycles. The number of rotatable bonds is 10. The smallest absolute Gasteiger partial charge is 0.250 e. The Morgan fingerprint density at radius 1 is 1.17 bits per heavy atom. The summed E-state index contributed by atoms with van der Waals surface area (Å²) in [4.78, 5) is 34.5. The third-order valence-corrected chi connectivity index (χ3v) is 7.05. The fourth-order valence-corrected chi connectivity index (χ4v) is 4.23. The zero-order valence-electron chi connectivity index (χ0n) is 21.5. The van der Waals surface area contributed by atoms with Gasteiger partial charge in [0.15, 0.2) is 0 Å². The lowest BCUT2D eigenvalue weighted by atomic mass is 10.1. The second-order valence-electron chi connectivity index (χ2n) is 9.90. The summed E-state index contributed by atoms with van der Waals surface area (Å²) in [6, 6.07) is 11.3. The van der Waals surface area contributed by atoms with Gasteiger partial charge in [-0.1, -0.05) is 38.1 Å². The number of nitrogens with two attached hydrogens (primary N) is 1. The van der Waals surface area contributed by atoms with Crippen LogP contribution in [-0.2, 0) is 6.54 Å². The van der Waals surface area contributed by atoms with Crippen LogP contribution in [0.15, 0.2) is 59.7 Å². The minimum atomic E-state index is -0.305. The molecule has 0 unspecified atom stereocenters. The summed E-state index contributed by atoms with van der Waals surface area (Å²) >= 11 is 0. The molecule has 1 aliphatic carbocycles. The highest BCUT2D eigenvalue weighted by Crippen LogP contribution is 2.34. The van der Waals surface area contributed by atoms with Gasteiger partial charge in [-0.2, -0.15) is 0 Å². The van der Waals surface area contributed by atoms with Gasteiger partial charge >= 0.3 is 0 Å². The summed E-state index contributed by atoms with van der Waals surface area (Å²) in [5.74, 6) is -0.305. The van der Waals surface area contributed by atoms with Crippen molar-refractivity contribution in [1.82, 2.24) is 19.9 Å². The number of aromatic nitrogens is 3. The van der Waals surface area contributed by atoms with E-state index in [4.69, 9.17) is 5.73 Å². The van der Waals surface area contributed by atoms with E-state index in [2.05, 4.69) is 36.1 Å². The van der Waals surface area contributed by atoms with E-state index in [9.17, 15) is 9.59 Å². The highest BCUT2D eigenvalue weighted by Gasteiger charge is 2.36. The standard InChI is InChI=1S/C29H35N5O2/c1-5-23(6-2)34-18-22(11-12-27(34)36)25-17-31-19(3)28(33-25)26(35)15-24(30)21-9-7-20(8-10-21)16-32-29(4)13-14-29/h7-12,15,17-18,23,32H,5-6,13-14,16,30H2,1-4H3. The number of aryl methyl sites for hydroxylation is 1. The summed E-state index contributed by atoms with van der Waals surface area (Å²) in [6.07, 6.45) is 8.98. The lowest BCUT2D eigenvalue weighted by molar-refractivity contribution is 0.104. The molecule has 7 heteroatoms. The van der Waals surface area contributed by atoms with Gasteiger partial charge < -0.3 is 15.6 Å². The van der Waals surface area contributed by atoms with Crippen LogP contribution in [-0.4, -0.2) is 25.9 Å². The van der Waals surface area contributed by atoms with Crippen LogP contribution in [0.3, 0.4) is 0 Å². The molecule has 188 valence electrons. The summed E-state index contributed by atoms with van der Waals surface area (Å²) < 4.78 is 1.74. The maximum atomic E-state index is 13.1. The maximum Gasteiger partial charge on any atom is 0.250 e. The molecule has 0 amide bonds. The number of pyridine rings is 1. The molecule has 1 aromatic carbocycles. The number of allylic oxidation sites excluding steroid dienone is 1. The van der Waals surface area contributed by atoms with Crippen LogP contribution in [0.2, 0.25) is 0 Å². The Balaban J connectivity index is 1.55. The van der Waals surface area contributed by atoms with Crippen LogP contribution in [0, 0.1) is 6.92 Å². The normalized spacial score (nSPS) is 14.8.